The highest BCUT2D eigenvalue weighted by Crippen LogP contribution is 2.42. The van der Waals surface area contributed by atoms with E-state index >= 15 is 0 Å². The molecule has 0 unspecified atom stereocenters. The van der Waals surface area contributed by atoms with E-state index in [4.69, 9.17) is 4.74 Å². The van der Waals surface area contributed by atoms with Gasteiger partial charge in [-0.3, -0.25) is 14.4 Å². The zero-order valence-electron chi connectivity index (χ0n) is 16.3. The summed E-state index contributed by atoms with van der Waals surface area (Å²) in [6.07, 6.45) is 0. The summed E-state index contributed by atoms with van der Waals surface area (Å²) in [6.45, 7) is 9.21. The van der Waals surface area contributed by atoms with Crippen molar-refractivity contribution in [2.45, 2.75) is 46.1 Å². The van der Waals surface area contributed by atoms with Gasteiger partial charge in [0.05, 0.1) is 5.41 Å². The van der Waals surface area contributed by atoms with E-state index in [1.807, 2.05) is 12.1 Å². The number of ketones is 2. The number of carbonyl (C=O) groups is 3. The van der Waals surface area contributed by atoms with E-state index in [2.05, 4.69) is 13.8 Å². The van der Waals surface area contributed by atoms with Crippen molar-refractivity contribution in [2.24, 2.45) is 5.41 Å². The molecule has 4 nitrogen and oxygen atoms in total. The standard InChI is InChI=1S/C23H24O4/c1-14(2)15-10-12-16(13-11-15)23(27-21(26)22(3,4)5)19(24)17-8-6-7-9-18(17)20(23)25/h6-14H,1-5H3. The van der Waals surface area contributed by atoms with Gasteiger partial charge in [0.1, 0.15) is 0 Å². The third-order valence-corrected chi connectivity index (χ3v) is 4.90. The molecule has 27 heavy (non-hydrogen) atoms. The van der Waals surface area contributed by atoms with Crippen LogP contribution in [-0.2, 0) is 15.1 Å². The van der Waals surface area contributed by atoms with Crippen molar-refractivity contribution in [1.82, 2.24) is 0 Å². The minimum atomic E-state index is -1.95. The molecule has 2 aromatic rings. The smallest absolute Gasteiger partial charge is 0.313 e. The minimum absolute atomic E-state index is 0.289. The van der Waals surface area contributed by atoms with Crippen LogP contribution in [0, 0.1) is 5.41 Å². The molecule has 1 aliphatic rings. The first-order chi connectivity index (χ1) is 12.6. The van der Waals surface area contributed by atoms with E-state index in [1.54, 1.807) is 57.2 Å². The van der Waals surface area contributed by atoms with Gasteiger partial charge < -0.3 is 4.74 Å². The molecule has 0 bridgehead atoms. The lowest BCUT2D eigenvalue weighted by molar-refractivity contribution is -0.162. The number of ether oxygens (including phenoxy) is 1. The second-order valence-electron chi connectivity index (χ2n) is 8.30. The Morgan fingerprint density at radius 2 is 1.37 bits per heavy atom. The largest absolute Gasteiger partial charge is 0.437 e. The lowest BCUT2D eigenvalue weighted by Crippen LogP contribution is -2.45. The monoisotopic (exact) mass is 364 g/mol. The number of benzene rings is 2. The first-order valence-corrected chi connectivity index (χ1v) is 9.11. The highest BCUT2D eigenvalue weighted by atomic mass is 16.6. The molecule has 0 amide bonds. The molecule has 3 rings (SSSR count). The van der Waals surface area contributed by atoms with Crippen molar-refractivity contribution >= 4 is 17.5 Å². The molecular formula is C23H24O4. The van der Waals surface area contributed by atoms with Crippen LogP contribution in [0.4, 0.5) is 0 Å². The molecule has 0 atom stereocenters. The van der Waals surface area contributed by atoms with E-state index in [-0.39, 0.29) is 11.1 Å². The molecule has 1 aliphatic carbocycles. The zero-order chi connectivity index (χ0) is 20.0. The van der Waals surface area contributed by atoms with Crippen LogP contribution >= 0.6 is 0 Å². The zero-order valence-corrected chi connectivity index (χ0v) is 16.3. The van der Waals surface area contributed by atoms with Gasteiger partial charge in [0.15, 0.2) is 0 Å². The van der Waals surface area contributed by atoms with Gasteiger partial charge >= 0.3 is 5.97 Å². The number of hydrogen-bond acceptors (Lipinski definition) is 4. The van der Waals surface area contributed by atoms with Gasteiger partial charge in [-0.05, 0) is 32.3 Å². The van der Waals surface area contributed by atoms with Crippen molar-refractivity contribution < 1.29 is 19.1 Å². The van der Waals surface area contributed by atoms with Crippen LogP contribution in [-0.4, -0.2) is 17.5 Å². The molecule has 0 radical (unpaired) electrons. The Morgan fingerprint density at radius 1 is 0.889 bits per heavy atom. The highest BCUT2D eigenvalue weighted by molar-refractivity contribution is 6.32. The average molecular weight is 364 g/mol. The number of fused-ring (bicyclic) bond motifs is 1. The van der Waals surface area contributed by atoms with Crippen LogP contribution in [0.2, 0.25) is 0 Å². The first-order valence-electron chi connectivity index (χ1n) is 9.11. The number of carbonyl (C=O) groups excluding carboxylic acids is 3. The van der Waals surface area contributed by atoms with Gasteiger partial charge in [-0.15, -0.1) is 0 Å². The van der Waals surface area contributed by atoms with Crippen LogP contribution in [0.1, 0.15) is 72.4 Å². The molecule has 0 saturated heterocycles. The third-order valence-electron chi connectivity index (χ3n) is 4.90. The maximum atomic E-state index is 13.3. The average Bonchev–Trinajstić information content (AvgIpc) is 2.84. The van der Waals surface area contributed by atoms with Gasteiger partial charge in [-0.25, -0.2) is 0 Å². The first kappa shape index (κ1) is 19.0. The Labute approximate surface area is 159 Å². The minimum Gasteiger partial charge on any atom is -0.437 e. The summed E-state index contributed by atoms with van der Waals surface area (Å²) in [7, 11) is 0. The van der Waals surface area contributed by atoms with Crippen LogP contribution < -0.4 is 0 Å². The number of hydrogen-bond donors (Lipinski definition) is 0. The fourth-order valence-electron chi connectivity index (χ4n) is 3.17. The summed E-state index contributed by atoms with van der Waals surface area (Å²) in [5, 5.41) is 0. The summed E-state index contributed by atoms with van der Waals surface area (Å²) in [4.78, 5) is 39.3. The summed E-state index contributed by atoms with van der Waals surface area (Å²) < 4.78 is 5.72. The lowest BCUT2D eigenvalue weighted by atomic mass is 9.86. The maximum absolute atomic E-state index is 13.3. The van der Waals surface area contributed by atoms with Gasteiger partial charge in [0.25, 0.3) is 5.60 Å². The third kappa shape index (κ3) is 2.99. The Kier molecular flexibility index (Phi) is 4.54. The highest BCUT2D eigenvalue weighted by Gasteiger charge is 2.58. The van der Waals surface area contributed by atoms with Gasteiger partial charge in [-0.2, -0.15) is 0 Å². The van der Waals surface area contributed by atoms with Crippen LogP contribution in [0.3, 0.4) is 0 Å². The summed E-state index contributed by atoms with van der Waals surface area (Å²) >= 11 is 0. The number of rotatable bonds is 3. The second-order valence-corrected chi connectivity index (χ2v) is 8.30. The van der Waals surface area contributed by atoms with Crippen molar-refractivity contribution in [3.63, 3.8) is 0 Å². The van der Waals surface area contributed by atoms with Crippen molar-refractivity contribution in [3.05, 3.63) is 70.8 Å². The molecule has 140 valence electrons. The van der Waals surface area contributed by atoms with E-state index in [1.165, 1.54) is 0 Å². The fraction of sp³-hybridized carbons (Fsp3) is 0.348. The molecule has 2 aromatic carbocycles. The normalized spacial score (nSPS) is 15.8. The van der Waals surface area contributed by atoms with Crippen LogP contribution in [0.25, 0.3) is 0 Å². The second kappa shape index (κ2) is 6.45. The Hall–Kier alpha value is -2.75. The summed E-state index contributed by atoms with van der Waals surface area (Å²) in [5.41, 5.74) is -0.763. The molecule has 4 heteroatoms. The molecule has 0 N–H and O–H groups in total. The van der Waals surface area contributed by atoms with E-state index in [0.29, 0.717) is 11.5 Å². The predicted octanol–water partition coefficient (Wildman–Crippen LogP) is 4.67. The van der Waals surface area contributed by atoms with Crippen molar-refractivity contribution in [2.75, 3.05) is 0 Å². The fourth-order valence-corrected chi connectivity index (χ4v) is 3.17. The molecular weight excluding hydrogens is 340 g/mol. The van der Waals surface area contributed by atoms with Gasteiger partial charge in [0.2, 0.25) is 11.6 Å². The number of Topliss-reactive ketones (excluding diaryl/α,β-unsaturated/α-hetero) is 2. The Bertz CT molecular complexity index is 879. The van der Waals surface area contributed by atoms with E-state index < -0.39 is 28.6 Å². The summed E-state index contributed by atoms with van der Waals surface area (Å²) in [5.74, 6) is -1.26. The Morgan fingerprint density at radius 3 is 1.78 bits per heavy atom. The van der Waals surface area contributed by atoms with Gasteiger partial charge in [-0.1, -0.05) is 62.4 Å². The van der Waals surface area contributed by atoms with Crippen molar-refractivity contribution in [3.8, 4) is 0 Å². The molecule has 0 aromatic heterocycles. The van der Waals surface area contributed by atoms with Crippen LogP contribution in [0.15, 0.2) is 48.5 Å². The number of esters is 1. The Balaban J connectivity index is 2.18. The van der Waals surface area contributed by atoms with Crippen LogP contribution in [0.5, 0.6) is 0 Å². The summed E-state index contributed by atoms with van der Waals surface area (Å²) in [6, 6.07) is 13.8. The topological polar surface area (TPSA) is 60.4 Å². The molecule has 0 heterocycles. The SMILES string of the molecule is CC(C)c1ccc(C2(OC(=O)C(C)(C)C)C(=O)c3ccccc3C2=O)cc1. The quantitative estimate of drug-likeness (QED) is 0.586. The molecule has 0 fully saturated rings. The van der Waals surface area contributed by atoms with Gasteiger partial charge in [0, 0.05) is 16.7 Å². The predicted molar refractivity (Wildman–Crippen MR) is 103 cm³/mol. The lowest BCUT2D eigenvalue weighted by Gasteiger charge is -2.30. The van der Waals surface area contributed by atoms with E-state index in [0.717, 1.165) is 5.56 Å². The van der Waals surface area contributed by atoms with E-state index in [9.17, 15) is 14.4 Å². The maximum Gasteiger partial charge on any atom is 0.313 e. The molecule has 0 saturated carbocycles. The van der Waals surface area contributed by atoms with Crippen molar-refractivity contribution in [1.29, 1.82) is 0 Å². The molecule has 0 aliphatic heterocycles. The molecule has 0 spiro atoms.